The van der Waals surface area contributed by atoms with Gasteiger partial charge in [-0.2, -0.15) is 10.2 Å². The zero-order valence-electron chi connectivity index (χ0n) is 31.0. The van der Waals surface area contributed by atoms with Crippen LogP contribution in [0.2, 0.25) is 0 Å². The summed E-state index contributed by atoms with van der Waals surface area (Å²) in [5, 5.41) is 29.7. The van der Waals surface area contributed by atoms with Crippen LogP contribution in [0.4, 0.5) is 5.13 Å². The van der Waals surface area contributed by atoms with Gasteiger partial charge in [-0.25, -0.2) is 14.8 Å². The van der Waals surface area contributed by atoms with E-state index in [0.717, 1.165) is 66.7 Å². The summed E-state index contributed by atoms with van der Waals surface area (Å²) in [5.74, 6) is -1.52. The number of fused-ring (bicyclic) bond motifs is 2. The van der Waals surface area contributed by atoms with Crippen molar-refractivity contribution in [1.29, 1.82) is 0 Å². The zero-order chi connectivity index (χ0) is 37.5. The first-order valence-electron chi connectivity index (χ1n) is 18.6. The number of likely N-dealkylation sites (N-methyl/N-ethyl adjacent to an activating group) is 1. The Hall–Kier alpha value is -4.98. The number of anilines is 1. The number of carboxylic acid groups (broad SMARTS) is 1. The fourth-order valence-corrected chi connectivity index (χ4v) is 12.0. The molecule has 1 amide bonds. The minimum Gasteiger partial charge on any atom is -0.476 e. The first-order valence-corrected chi connectivity index (χ1v) is 19.4. The van der Waals surface area contributed by atoms with Crippen molar-refractivity contribution in [1.82, 2.24) is 35.3 Å². The molecule has 2 atom stereocenters. The Kier molecular flexibility index (Phi) is 8.07. The number of ether oxygens (including phenoxy) is 1. The molecule has 4 saturated carbocycles. The number of hydrogen-bond acceptors (Lipinski definition) is 9. The number of pyridine rings is 1. The van der Waals surface area contributed by atoms with Crippen molar-refractivity contribution in [2.24, 2.45) is 16.2 Å². The Morgan fingerprint density at radius 2 is 1.76 bits per heavy atom. The Labute approximate surface area is 316 Å². The number of para-hydroxylation sites is 1. The Morgan fingerprint density at radius 1 is 0.963 bits per heavy atom. The second-order valence-electron chi connectivity index (χ2n) is 16.8. The molecule has 6 aromatic rings. The molecule has 4 heterocycles. The third-order valence-electron chi connectivity index (χ3n) is 12.0. The fraction of sp³-hybridized carbons (Fsp3) is 0.415. The molecular weight excluding hydrogens is 701 g/mol. The SMILES string of the molecule is CNCCOC12CC3(C)CC(C)(CC(Cn4ncc(-c5ccc(-c6ccc7[nH]nc(C(=O)Nc8nc9ccccc9s8)c7c6)nc5C(=O)O)c4C)(C3)C1)C2. The first-order chi connectivity index (χ1) is 25.9. The largest absolute Gasteiger partial charge is 0.476 e. The third-order valence-corrected chi connectivity index (χ3v) is 12.9. The number of nitrogens with one attached hydrogen (secondary N) is 3. The number of aromatic carboxylic acids is 1. The van der Waals surface area contributed by atoms with Crippen LogP contribution in [0.5, 0.6) is 0 Å². The lowest BCUT2D eigenvalue weighted by Crippen LogP contribution is -2.64. The van der Waals surface area contributed by atoms with Crippen molar-refractivity contribution in [3.05, 3.63) is 77.9 Å². The molecule has 0 spiro atoms. The van der Waals surface area contributed by atoms with Crippen molar-refractivity contribution >= 4 is 49.5 Å². The molecular formula is C41H44N8O4S. The van der Waals surface area contributed by atoms with Crippen molar-refractivity contribution in [3.8, 4) is 22.4 Å². The number of aromatic amines is 1. The summed E-state index contributed by atoms with van der Waals surface area (Å²) in [6.07, 6.45) is 8.54. The number of H-pyrrole nitrogens is 1. The van der Waals surface area contributed by atoms with E-state index in [-0.39, 0.29) is 33.2 Å². The highest BCUT2D eigenvalue weighted by Crippen LogP contribution is 2.72. The molecule has 54 heavy (non-hydrogen) atoms. The third kappa shape index (κ3) is 5.98. The number of thiazole rings is 1. The molecule has 4 bridgehead atoms. The molecule has 12 nitrogen and oxygen atoms in total. The van der Waals surface area contributed by atoms with Crippen LogP contribution in [-0.4, -0.2) is 72.7 Å². The van der Waals surface area contributed by atoms with Crippen LogP contribution in [0.3, 0.4) is 0 Å². The average Bonchev–Trinajstić information content (AvgIpc) is 3.82. The maximum Gasteiger partial charge on any atom is 0.355 e. The van der Waals surface area contributed by atoms with E-state index < -0.39 is 11.9 Å². The van der Waals surface area contributed by atoms with Crippen molar-refractivity contribution in [3.63, 3.8) is 0 Å². The summed E-state index contributed by atoms with van der Waals surface area (Å²) in [5.41, 5.74) is 5.36. The van der Waals surface area contributed by atoms with Gasteiger partial charge in [-0.05, 0) is 105 Å². The Morgan fingerprint density at radius 3 is 2.52 bits per heavy atom. The van der Waals surface area contributed by atoms with Gasteiger partial charge in [0.2, 0.25) is 0 Å². The number of carboxylic acids is 1. The number of nitrogens with zero attached hydrogens (tertiary/aromatic N) is 5. The fourth-order valence-electron chi connectivity index (χ4n) is 11.1. The molecule has 0 saturated heterocycles. The molecule has 4 aromatic heterocycles. The smallest absolute Gasteiger partial charge is 0.355 e. The number of carbonyl (C=O) groups excluding carboxylic acids is 1. The lowest BCUT2D eigenvalue weighted by molar-refractivity contribution is -0.247. The zero-order valence-corrected chi connectivity index (χ0v) is 31.8. The van der Waals surface area contributed by atoms with Gasteiger partial charge in [-0.1, -0.05) is 43.4 Å². The summed E-state index contributed by atoms with van der Waals surface area (Å²) >= 11 is 1.39. The van der Waals surface area contributed by atoms with E-state index in [9.17, 15) is 14.7 Å². The minimum atomic E-state index is -1.12. The van der Waals surface area contributed by atoms with E-state index in [0.29, 0.717) is 39.5 Å². The number of benzene rings is 2. The van der Waals surface area contributed by atoms with E-state index in [1.54, 1.807) is 6.20 Å². The lowest BCUT2D eigenvalue weighted by Gasteiger charge is -2.69. The van der Waals surface area contributed by atoms with Gasteiger partial charge >= 0.3 is 5.97 Å². The molecule has 0 radical (unpaired) electrons. The number of carbonyl (C=O) groups is 2. The molecule has 278 valence electrons. The highest BCUT2D eigenvalue weighted by molar-refractivity contribution is 7.22. The van der Waals surface area contributed by atoms with Crippen molar-refractivity contribution in [2.45, 2.75) is 71.4 Å². The molecule has 4 N–H and O–H groups in total. The topological polar surface area (TPSA) is 160 Å². The van der Waals surface area contributed by atoms with E-state index >= 15 is 0 Å². The van der Waals surface area contributed by atoms with Gasteiger partial charge in [0.1, 0.15) is 0 Å². The molecule has 2 unspecified atom stereocenters. The van der Waals surface area contributed by atoms with Gasteiger partial charge in [-0.15, -0.1) is 0 Å². The van der Waals surface area contributed by atoms with E-state index in [4.69, 9.17) is 9.84 Å². The summed E-state index contributed by atoms with van der Waals surface area (Å²) in [4.78, 5) is 35.3. The van der Waals surface area contributed by atoms with Gasteiger partial charge in [0.15, 0.2) is 16.5 Å². The number of amides is 1. The van der Waals surface area contributed by atoms with Crippen LogP contribution >= 0.6 is 11.3 Å². The number of rotatable bonds is 11. The van der Waals surface area contributed by atoms with E-state index in [1.807, 2.05) is 68.6 Å². The van der Waals surface area contributed by atoms with E-state index in [2.05, 4.69) is 49.3 Å². The Bertz CT molecular complexity index is 2410. The van der Waals surface area contributed by atoms with Gasteiger partial charge < -0.3 is 15.2 Å². The maximum absolute atomic E-state index is 13.4. The Balaban J connectivity index is 0.995. The van der Waals surface area contributed by atoms with Crippen LogP contribution in [0, 0.1) is 23.2 Å². The van der Waals surface area contributed by atoms with Gasteiger partial charge in [0, 0.05) is 40.9 Å². The summed E-state index contributed by atoms with van der Waals surface area (Å²) < 4.78 is 9.81. The summed E-state index contributed by atoms with van der Waals surface area (Å²) in [6, 6.07) is 16.8. The molecule has 4 aliphatic rings. The summed E-state index contributed by atoms with van der Waals surface area (Å²) in [6.45, 7) is 9.25. The van der Waals surface area contributed by atoms with Gasteiger partial charge in [0.05, 0.1) is 39.8 Å². The molecule has 4 aliphatic carbocycles. The normalized spacial score (nSPS) is 25.9. The number of hydrogen-bond donors (Lipinski definition) is 4. The highest BCUT2D eigenvalue weighted by Gasteiger charge is 2.66. The summed E-state index contributed by atoms with van der Waals surface area (Å²) in [7, 11) is 1.97. The first kappa shape index (κ1) is 34.8. The minimum absolute atomic E-state index is 0.0528. The quantitative estimate of drug-likeness (QED) is 0.0975. The second kappa shape index (κ2) is 12.5. The molecule has 0 aliphatic heterocycles. The molecule has 10 rings (SSSR count). The van der Waals surface area contributed by atoms with Crippen LogP contribution < -0.4 is 10.6 Å². The van der Waals surface area contributed by atoms with Crippen molar-refractivity contribution in [2.75, 3.05) is 25.5 Å². The average molecular weight is 745 g/mol. The standard InChI is InChI=1S/C41H44N8O4S/c1-24-28(16-43-49(24)23-40-18-38(2)17-39(3,19-40)21-41(20-38,22-40)53-14-13-42-4)26-10-12-29(44-34(26)36(51)52)25-9-11-30-27(15-25)33(48-47-30)35(50)46-37-45-31-7-5-6-8-32(31)54-37/h5-12,15-16,42H,13-14,17-23H2,1-4H3,(H,47,48)(H,51,52)(H,45,46,50). The molecule has 2 aromatic carbocycles. The van der Waals surface area contributed by atoms with Gasteiger partial charge in [-0.3, -0.25) is 19.9 Å². The predicted octanol–water partition coefficient (Wildman–Crippen LogP) is 7.71. The maximum atomic E-state index is 13.4. The van der Waals surface area contributed by atoms with E-state index in [1.165, 1.54) is 17.8 Å². The van der Waals surface area contributed by atoms with Crippen LogP contribution in [0.15, 0.2) is 60.8 Å². The number of aromatic nitrogens is 6. The lowest BCUT2D eigenvalue weighted by atomic mass is 9.39. The van der Waals surface area contributed by atoms with Gasteiger partial charge in [0.25, 0.3) is 5.91 Å². The highest BCUT2D eigenvalue weighted by atomic mass is 32.1. The van der Waals surface area contributed by atoms with Crippen LogP contribution in [-0.2, 0) is 11.3 Å². The predicted molar refractivity (Wildman–Crippen MR) is 209 cm³/mol. The monoisotopic (exact) mass is 744 g/mol. The molecule has 13 heteroatoms. The van der Waals surface area contributed by atoms with Crippen LogP contribution in [0.1, 0.15) is 79.0 Å². The van der Waals surface area contributed by atoms with Crippen molar-refractivity contribution < 1.29 is 19.4 Å². The van der Waals surface area contributed by atoms with Crippen LogP contribution in [0.25, 0.3) is 43.5 Å². The molecule has 4 fully saturated rings. The second-order valence-corrected chi connectivity index (χ2v) is 17.8.